The molecule has 0 saturated heterocycles. The van der Waals surface area contributed by atoms with Crippen LogP contribution in [0.1, 0.15) is 17.5 Å². The molecule has 1 N–H and O–H groups in total. The second-order valence-electron chi connectivity index (χ2n) is 4.35. The highest BCUT2D eigenvalue weighted by atomic mass is 32.2. The molecule has 0 saturated carbocycles. The molecule has 21 heavy (non-hydrogen) atoms. The number of methoxy groups -OCH3 is 1. The van der Waals surface area contributed by atoms with Gasteiger partial charge in [0.25, 0.3) is 0 Å². The number of hydrogen-bond acceptors (Lipinski definition) is 6. The summed E-state index contributed by atoms with van der Waals surface area (Å²) in [5.74, 6) is 0.849. The van der Waals surface area contributed by atoms with Gasteiger partial charge in [0.05, 0.1) is 0 Å². The fourth-order valence-corrected chi connectivity index (χ4v) is 3.05. The molecule has 114 valence electrons. The van der Waals surface area contributed by atoms with E-state index >= 15 is 0 Å². The quantitative estimate of drug-likeness (QED) is 0.807. The molecule has 1 atom stereocenters. The van der Waals surface area contributed by atoms with E-state index in [0.29, 0.717) is 11.7 Å². The highest BCUT2D eigenvalue weighted by molar-refractivity contribution is 7.98. The largest absolute Gasteiger partial charge is 0.377 e. The lowest BCUT2D eigenvalue weighted by Crippen LogP contribution is -2.25. The van der Waals surface area contributed by atoms with Gasteiger partial charge in [-0.05, 0) is 30.6 Å². The zero-order chi connectivity index (χ0) is 15.1. The molecule has 1 amide bonds. The van der Waals surface area contributed by atoms with Crippen molar-refractivity contribution >= 4 is 34.1 Å². The number of anilines is 1. The molecule has 6 nitrogen and oxygen atoms in total. The summed E-state index contributed by atoms with van der Waals surface area (Å²) in [6.07, 6.45) is 6.61. The van der Waals surface area contributed by atoms with E-state index in [4.69, 9.17) is 4.74 Å². The highest BCUT2D eigenvalue weighted by Gasteiger charge is 2.20. The molecule has 0 unspecified atom stereocenters. The average molecular weight is 326 g/mol. The van der Waals surface area contributed by atoms with Gasteiger partial charge in [0.15, 0.2) is 0 Å². The Bertz CT molecular complexity index is 556. The second kappa shape index (κ2) is 8.16. The molecule has 0 aromatic carbocycles. The van der Waals surface area contributed by atoms with Crippen LogP contribution in [-0.2, 0) is 16.1 Å². The van der Waals surface area contributed by atoms with E-state index in [9.17, 15) is 4.79 Å². The molecule has 0 bridgehead atoms. The van der Waals surface area contributed by atoms with Gasteiger partial charge in [0.1, 0.15) is 17.7 Å². The van der Waals surface area contributed by atoms with Crippen molar-refractivity contribution in [2.24, 2.45) is 0 Å². The molecular weight excluding hydrogens is 308 g/mol. The van der Waals surface area contributed by atoms with E-state index in [1.807, 2.05) is 35.3 Å². The lowest BCUT2D eigenvalue weighted by molar-refractivity contribution is -0.119. The predicted molar refractivity (Wildman–Crippen MR) is 85.7 cm³/mol. The molecule has 0 radical (unpaired) electrons. The Labute approximate surface area is 131 Å². The van der Waals surface area contributed by atoms with E-state index in [2.05, 4.69) is 15.5 Å². The first-order chi connectivity index (χ1) is 10.2. The summed E-state index contributed by atoms with van der Waals surface area (Å²) >= 11 is 3.06. The van der Waals surface area contributed by atoms with Crippen molar-refractivity contribution in [1.29, 1.82) is 0 Å². The first kappa shape index (κ1) is 16.0. The summed E-state index contributed by atoms with van der Waals surface area (Å²) in [6.45, 7) is 0.404. The van der Waals surface area contributed by atoms with Crippen LogP contribution in [0.5, 0.6) is 0 Å². The topological polar surface area (TPSA) is 69.0 Å². The van der Waals surface area contributed by atoms with Crippen molar-refractivity contribution in [3.8, 4) is 0 Å². The van der Waals surface area contributed by atoms with Crippen LogP contribution in [0.25, 0.3) is 0 Å². The molecule has 2 heterocycles. The minimum Gasteiger partial charge on any atom is -0.377 e. The van der Waals surface area contributed by atoms with Crippen LogP contribution in [0.15, 0.2) is 24.5 Å². The fraction of sp³-hybridized carbons (Fsp3) is 0.462. The summed E-state index contributed by atoms with van der Waals surface area (Å²) in [5.41, 5.74) is 0. The maximum absolute atomic E-state index is 12.5. The van der Waals surface area contributed by atoms with Crippen LogP contribution in [0.4, 0.5) is 5.13 Å². The zero-order valence-electron chi connectivity index (χ0n) is 12.0. The van der Waals surface area contributed by atoms with Crippen LogP contribution in [-0.4, -0.2) is 39.8 Å². The molecule has 2 rings (SSSR count). The third kappa shape index (κ3) is 4.55. The number of carbonyl (C=O) groups is 1. The smallest absolute Gasteiger partial charge is 0.249 e. The van der Waals surface area contributed by atoms with Crippen molar-refractivity contribution in [3.05, 3.63) is 29.5 Å². The summed E-state index contributed by atoms with van der Waals surface area (Å²) in [4.78, 5) is 12.5. The molecule has 2 aromatic rings. The Morgan fingerprint density at radius 1 is 1.48 bits per heavy atom. The third-order valence-corrected chi connectivity index (χ3v) is 4.31. The predicted octanol–water partition coefficient (Wildman–Crippen LogP) is 2.42. The summed E-state index contributed by atoms with van der Waals surface area (Å²) in [7, 11) is 1.60. The first-order valence-electron chi connectivity index (χ1n) is 6.48. The van der Waals surface area contributed by atoms with Crippen LogP contribution in [0.3, 0.4) is 0 Å². The molecule has 8 heteroatoms. The molecule has 0 fully saturated rings. The molecule has 0 aliphatic heterocycles. The Hall–Kier alpha value is -1.38. The van der Waals surface area contributed by atoms with E-state index < -0.39 is 0 Å². The van der Waals surface area contributed by atoms with E-state index in [1.165, 1.54) is 11.3 Å². The van der Waals surface area contributed by atoms with Gasteiger partial charge in [0.2, 0.25) is 11.0 Å². The average Bonchev–Trinajstić information content (AvgIpc) is 3.12. The van der Waals surface area contributed by atoms with Crippen LogP contribution >= 0.6 is 23.1 Å². The van der Waals surface area contributed by atoms with Gasteiger partial charge in [-0.3, -0.25) is 10.1 Å². The van der Waals surface area contributed by atoms with Gasteiger partial charge < -0.3 is 9.30 Å². The van der Waals surface area contributed by atoms with Crippen molar-refractivity contribution < 1.29 is 9.53 Å². The Balaban J connectivity index is 2.03. The van der Waals surface area contributed by atoms with Crippen molar-refractivity contribution in [1.82, 2.24) is 14.8 Å². The highest BCUT2D eigenvalue weighted by Crippen LogP contribution is 2.20. The normalized spacial score (nSPS) is 12.3. The summed E-state index contributed by atoms with van der Waals surface area (Å²) < 4.78 is 6.91. The Kier molecular flexibility index (Phi) is 6.21. The number of hydrogen-bond donors (Lipinski definition) is 1. The number of nitrogens with zero attached hydrogens (tertiary/aromatic N) is 3. The zero-order valence-corrected chi connectivity index (χ0v) is 13.6. The number of thioether (sulfide) groups is 1. The van der Waals surface area contributed by atoms with Crippen LogP contribution < -0.4 is 5.32 Å². The number of carbonyl (C=O) groups excluding carboxylic acids is 1. The number of aromatic nitrogens is 3. The van der Waals surface area contributed by atoms with Crippen molar-refractivity contribution in [2.75, 3.05) is 24.4 Å². The first-order valence-corrected chi connectivity index (χ1v) is 8.69. The number of amides is 1. The van der Waals surface area contributed by atoms with Gasteiger partial charge in [-0.1, -0.05) is 11.3 Å². The number of nitrogens with one attached hydrogen (secondary N) is 1. The van der Waals surface area contributed by atoms with Gasteiger partial charge in [0, 0.05) is 19.5 Å². The molecule has 0 aliphatic carbocycles. The van der Waals surface area contributed by atoms with Gasteiger partial charge in [-0.25, -0.2) is 0 Å². The van der Waals surface area contributed by atoms with Gasteiger partial charge >= 0.3 is 0 Å². The Morgan fingerprint density at radius 3 is 2.90 bits per heavy atom. The summed E-state index contributed by atoms with van der Waals surface area (Å²) in [6, 6.07) is 3.60. The Morgan fingerprint density at radius 2 is 2.24 bits per heavy atom. The van der Waals surface area contributed by atoms with Crippen molar-refractivity contribution in [2.45, 2.75) is 19.1 Å². The van der Waals surface area contributed by atoms with Crippen LogP contribution in [0, 0.1) is 0 Å². The molecule has 0 aliphatic rings. The standard InChI is InChI=1S/C13H18N4O2S2/c1-19-9-11-15-16-13(21-11)14-12(18)10(5-8-20-2)17-6-3-4-7-17/h3-4,6-7,10H,5,8-9H2,1-2H3,(H,14,16,18)/t10-/m1/s1. The summed E-state index contributed by atoms with van der Waals surface area (Å²) in [5, 5.41) is 12.0. The van der Waals surface area contributed by atoms with E-state index in [-0.39, 0.29) is 11.9 Å². The third-order valence-electron chi connectivity index (χ3n) is 2.85. The minimum atomic E-state index is -0.234. The second-order valence-corrected chi connectivity index (χ2v) is 6.40. The SMILES string of the molecule is COCc1nnc(NC(=O)[C@@H](CCSC)n2cccc2)s1. The van der Waals surface area contributed by atoms with Crippen LogP contribution in [0.2, 0.25) is 0 Å². The molecule has 2 aromatic heterocycles. The lowest BCUT2D eigenvalue weighted by atomic mass is 10.2. The van der Waals surface area contributed by atoms with E-state index in [1.54, 1.807) is 18.9 Å². The van der Waals surface area contributed by atoms with Crippen molar-refractivity contribution in [3.63, 3.8) is 0 Å². The van der Waals surface area contributed by atoms with E-state index in [0.717, 1.165) is 17.2 Å². The fourth-order valence-electron chi connectivity index (χ4n) is 1.88. The molecular formula is C13H18N4O2S2. The minimum absolute atomic E-state index is 0.0691. The van der Waals surface area contributed by atoms with Gasteiger partial charge in [-0.2, -0.15) is 11.8 Å². The molecule has 0 spiro atoms. The maximum Gasteiger partial charge on any atom is 0.249 e. The van der Waals surface area contributed by atoms with Gasteiger partial charge in [-0.15, -0.1) is 10.2 Å². The monoisotopic (exact) mass is 326 g/mol. The number of ether oxygens (including phenoxy) is 1. The lowest BCUT2D eigenvalue weighted by Gasteiger charge is -2.17. The maximum atomic E-state index is 12.5. The number of rotatable bonds is 8.